The summed E-state index contributed by atoms with van der Waals surface area (Å²) in [4.78, 5) is 14.6. The molecule has 2 N–H and O–H groups in total. The molecule has 0 fully saturated rings. The van der Waals surface area contributed by atoms with Crippen LogP contribution in [0, 0.1) is 10.1 Å². The van der Waals surface area contributed by atoms with Gasteiger partial charge in [-0.3, -0.25) is 10.1 Å². The van der Waals surface area contributed by atoms with Crippen molar-refractivity contribution in [2.45, 2.75) is 32.8 Å². The molecule has 0 atom stereocenters. The molecule has 0 aliphatic heterocycles. The fourth-order valence-electron chi connectivity index (χ4n) is 1.86. The molecule has 8 nitrogen and oxygen atoms in total. The van der Waals surface area contributed by atoms with E-state index in [1.54, 1.807) is 6.20 Å². The largest absolute Gasteiger partial charge is 0.490 e. The van der Waals surface area contributed by atoms with Crippen molar-refractivity contribution in [3.8, 4) is 11.5 Å². The van der Waals surface area contributed by atoms with Crippen molar-refractivity contribution >= 4 is 11.4 Å². The summed E-state index contributed by atoms with van der Waals surface area (Å²) in [5.41, 5.74) is 5.67. The van der Waals surface area contributed by atoms with E-state index in [4.69, 9.17) is 19.6 Å². The molecule has 0 saturated heterocycles. The number of hydrogen-bond acceptors (Lipinski definition) is 7. The van der Waals surface area contributed by atoms with Crippen LogP contribution < -0.4 is 15.2 Å². The van der Waals surface area contributed by atoms with Crippen LogP contribution in [0.3, 0.4) is 0 Å². The molecule has 2 aromatic rings. The Bertz CT molecular complexity index is 718. The van der Waals surface area contributed by atoms with Crippen molar-refractivity contribution in [3.63, 3.8) is 0 Å². The minimum absolute atomic E-state index is 0.0176. The fourth-order valence-corrected chi connectivity index (χ4v) is 1.86. The Morgan fingerprint density at radius 2 is 2.04 bits per heavy atom. The number of benzene rings is 1. The van der Waals surface area contributed by atoms with Gasteiger partial charge in [-0.05, 0) is 0 Å². The maximum absolute atomic E-state index is 11.0. The molecule has 23 heavy (non-hydrogen) atoms. The van der Waals surface area contributed by atoms with E-state index < -0.39 is 4.92 Å². The number of nitro benzene ring substituents is 1. The van der Waals surface area contributed by atoms with E-state index in [-0.39, 0.29) is 34.9 Å². The summed E-state index contributed by atoms with van der Waals surface area (Å²) in [6.45, 7) is 6.03. The number of nitrogens with two attached hydrogens (primary N) is 1. The summed E-state index contributed by atoms with van der Waals surface area (Å²) in [5.74, 6) is 1.34. The van der Waals surface area contributed by atoms with Crippen molar-refractivity contribution in [2.75, 3.05) is 12.8 Å². The number of anilines is 1. The van der Waals surface area contributed by atoms with Crippen LogP contribution in [0.2, 0.25) is 0 Å². The van der Waals surface area contributed by atoms with Crippen molar-refractivity contribution in [1.82, 2.24) is 4.98 Å². The summed E-state index contributed by atoms with van der Waals surface area (Å²) in [5, 5.41) is 11.0. The average Bonchev–Trinajstić information content (AvgIpc) is 2.94. The zero-order chi connectivity index (χ0) is 17.2. The maximum Gasteiger partial charge on any atom is 0.314 e. The molecule has 0 aliphatic rings. The number of ether oxygens (including phenoxy) is 2. The molecule has 0 unspecified atom stereocenters. The quantitative estimate of drug-likeness (QED) is 0.511. The van der Waals surface area contributed by atoms with Crippen LogP contribution >= 0.6 is 0 Å². The van der Waals surface area contributed by atoms with E-state index in [0.29, 0.717) is 5.89 Å². The van der Waals surface area contributed by atoms with E-state index in [2.05, 4.69) is 4.98 Å². The normalized spacial score (nSPS) is 11.3. The van der Waals surface area contributed by atoms with E-state index in [1.165, 1.54) is 19.2 Å². The third-order valence-electron chi connectivity index (χ3n) is 3.15. The van der Waals surface area contributed by atoms with Crippen molar-refractivity contribution in [3.05, 3.63) is 40.1 Å². The van der Waals surface area contributed by atoms with Gasteiger partial charge >= 0.3 is 5.69 Å². The number of nitrogens with zero attached hydrogens (tertiary/aromatic N) is 2. The number of methoxy groups -OCH3 is 1. The molecular weight excluding hydrogens is 302 g/mol. The molecule has 0 bridgehead atoms. The first-order chi connectivity index (χ1) is 10.7. The number of rotatable bonds is 5. The van der Waals surface area contributed by atoms with Gasteiger partial charge in [0.2, 0.25) is 5.89 Å². The first kappa shape index (κ1) is 16.6. The molecule has 0 spiro atoms. The SMILES string of the molecule is COc1cc(N)c(OCc2ncc(C(C)(C)C)o2)cc1[N+](=O)[O-]. The van der Waals surface area contributed by atoms with Gasteiger partial charge in [0.15, 0.2) is 12.4 Å². The van der Waals surface area contributed by atoms with Gasteiger partial charge in [-0.25, -0.2) is 4.98 Å². The Labute approximate surface area is 133 Å². The van der Waals surface area contributed by atoms with Crippen molar-refractivity contribution in [2.24, 2.45) is 0 Å². The van der Waals surface area contributed by atoms with E-state index in [9.17, 15) is 10.1 Å². The van der Waals surface area contributed by atoms with Crippen LogP contribution in [-0.2, 0) is 12.0 Å². The third kappa shape index (κ3) is 3.71. The zero-order valence-corrected chi connectivity index (χ0v) is 13.5. The summed E-state index contributed by atoms with van der Waals surface area (Å²) in [7, 11) is 1.34. The molecule has 0 saturated carbocycles. The average molecular weight is 321 g/mol. The third-order valence-corrected chi connectivity index (χ3v) is 3.15. The van der Waals surface area contributed by atoms with Crippen LogP contribution in [-0.4, -0.2) is 17.0 Å². The predicted octanol–water partition coefficient (Wildman–Crippen LogP) is 3.05. The van der Waals surface area contributed by atoms with Gasteiger partial charge in [-0.15, -0.1) is 0 Å². The van der Waals surface area contributed by atoms with Gasteiger partial charge < -0.3 is 19.6 Å². The number of nitro groups is 1. The first-order valence-corrected chi connectivity index (χ1v) is 6.92. The molecule has 8 heteroatoms. The van der Waals surface area contributed by atoms with Crippen LogP contribution in [0.5, 0.6) is 11.5 Å². The lowest BCUT2D eigenvalue weighted by Crippen LogP contribution is -2.09. The molecule has 1 aromatic heterocycles. The molecule has 1 aromatic carbocycles. The summed E-state index contributed by atoms with van der Waals surface area (Å²) < 4.78 is 16.0. The van der Waals surface area contributed by atoms with Gasteiger partial charge in [0.1, 0.15) is 11.5 Å². The van der Waals surface area contributed by atoms with E-state index in [0.717, 1.165) is 5.76 Å². The van der Waals surface area contributed by atoms with E-state index in [1.807, 2.05) is 20.8 Å². The minimum Gasteiger partial charge on any atom is -0.490 e. The second kappa shape index (κ2) is 6.15. The minimum atomic E-state index is -0.562. The van der Waals surface area contributed by atoms with Crippen LogP contribution in [0.25, 0.3) is 0 Å². The lowest BCUT2D eigenvalue weighted by Gasteiger charge is -2.13. The fraction of sp³-hybridized carbons (Fsp3) is 0.400. The molecule has 2 rings (SSSR count). The maximum atomic E-state index is 11.0. The second-order valence-corrected chi connectivity index (χ2v) is 5.98. The molecule has 0 amide bonds. The lowest BCUT2D eigenvalue weighted by atomic mass is 9.94. The number of aromatic nitrogens is 1. The molecule has 0 aliphatic carbocycles. The highest BCUT2D eigenvalue weighted by atomic mass is 16.6. The lowest BCUT2D eigenvalue weighted by molar-refractivity contribution is -0.385. The van der Waals surface area contributed by atoms with Gasteiger partial charge in [-0.1, -0.05) is 20.8 Å². The van der Waals surface area contributed by atoms with Gasteiger partial charge in [-0.2, -0.15) is 0 Å². The van der Waals surface area contributed by atoms with Gasteiger partial charge in [0.05, 0.1) is 30.0 Å². The molecular formula is C15H19N3O5. The highest BCUT2D eigenvalue weighted by molar-refractivity contribution is 5.64. The monoisotopic (exact) mass is 321 g/mol. The Kier molecular flexibility index (Phi) is 4.44. The topological polar surface area (TPSA) is 114 Å². The highest BCUT2D eigenvalue weighted by Gasteiger charge is 2.21. The van der Waals surface area contributed by atoms with Crippen molar-refractivity contribution in [1.29, 1.82) is 0 Å². The number of nitrogen functional groups attached to an aromatic ring is 1. The zero-order valence-electron chi connectivity index (χ0n) is 13.5. The van der Waals surface area contributed by atoms with Crippen molar-refractivity contribution < 1.29 is 18.8 Å². The Hall–Kier alpha value is -2.77. The number of oxazole rings is 1. The smallest absolute Gasteiger partial charge is 0.314 e. The molecule has 1 heterocycles. The first-order valence-electron chi connectivity index (χ1n) is 6.92. The summed E-state index contributed by atoms with van der Waals surface area (Å²) >= 11 is 0. The molecule has 0 radical (unpaired) electrons. The predicted molar refractivity (Wildman–Crippen MR) is 83.6 cm³/mol. The summed E-state index contributed by atoms with van der Waals surface area (Å²) in [6, 6.07) is 2.57. The van der Waals surface area contributed by atoms with Gasteiger partial charge in [0, 0.05) is 11.5 Å². The Morgan fingerprint density at radius 1 is 1.35 bits per heavy atom. The highest BCUT2D eigenvalue weighted by Crippen LogP contribution is 2.36. The van der Waals surface area contributed by atoms with Crippen LogP contribution in [0.4, 0.5) is 11.4 Å². The Balaban J connectivity index is 2.19. The standard InChI is InChI=1S/C15H19N3O5/c1-15(2,3)13-7-17-14(23-13)8-22-11-6-10(18(19)20)12(21-4)5-9(11)16/h5-7H,8,16H2,1-4H3. The summed E-state index contributed by atoms with van der Waals surface area (Å²) in [6.07, 6.45) is 1.64. The molecule has 124 valence electrons. The van der Waals surface area contributed by atoms with Crippen LogP contribution in [0.1, 0.15) is 32.4 Å². The number of hydrogen-bond donors (Lipinski definition) is 1. The van der Waals surface area contributed by atoms with Gasteiger partial charge in [0.25, 0.3) is 0 Å². The second-order valence-electron chi connectivity index (χ2n) is 5.98. The van der Waals surface area contributed by atoms with E-state index >= 15 is 0 Å². The Morgan fingerprint density at radius 3 is 2.57 bits per heavy atom. The van der Waals surface area contributed by atoms with Crippen LogP contribution in [0.15, 0.2) is 22.7 Å².